The van der Waals surface area contributed by atoms with Gasteiger partial charge in [0.05, 0.1) is 41.5 Å². The van der Waals surface area contributed by atoms with Crippen LogP contribution in [0.2, 0.25) is 0 Å². The summed E-state index contributed by atoms with van der Waals surface area (Å²) in [5.74, 6) is 5.83. The van der Waals surface area contributed by atoms with Gasteiger partial charge in [-0.05, 0) is 49.7 Å². The third kappa shape index (κ3) is 6.95. The van der Waals surface area contributed by atoms with Crippen LogP contribution in [0.1, 0.15) is 12.1 Å². The fourth-order valence-corrected chi connectivity index (χ4v) is 5.08. The zero-order valence-corrected chi connectivity index (χ0v) is 22.2. The highest BCUT2D eigenvalue weighted by Crippen LogP contribution is 2.32. The van der Waals surface area contributed by atoms with E-state index in [2.05, 4.69) is 22.5 Å². The number of ether oxygens (including phenoxy) is 1. The number of aromatic nitrogens is 1. The smallest absolute Gasteiger partial charge is 0.406 e. The summed E-state index contributed by atoms with van der Waals surface area (Å²) in [6.07, 6.45) is -5.03. The van der Waals surface area contributed by atoms with Crippen molar-refractivity contribution >= 4 is 32.3 Å². The number of benzene rings is 2. The van der Waals surface area contributed by atoms with Gasteiger partial charge < -0.3 is 24.8 Å². The summed E-state index contributed by atoms with van der Waals surface area (Å²) in [6, 6.07) is 10.1. The Balaban J connectivity index is 1.61. The van der Waals surface area contributed by atoms with E-state index >= 15 is 0 Å². The Morgan fingerprint density at radius 2 is 1.95 bits per heavy atom. The molecule has 39 heavy (non-hydrogen) atoms. The van der Waals surface area contributed by atoms with E-state index in [4.69, 9.17) is 9.88 Å². The second kappa shape index (κ2) is 11.3. The number of piperidine rings is 1. The van der Waals surface area contributed by atoms with Crippen molar-refractivity contribution in [3.05, 3.63) is 48.2 Å². The fraction of sp³-hybridized carbons (Fsp3) is 0.385. The molecule has 0 radical (unpaired) electrons. The van der Waals surface area contributed by atoms with E-state index in [1.807, 2.05) is 11.9 Å². The Bertz CT molecular complexity index is 1510. The first-order valence-corrected chi connectivity index (χ1v) is 13.6. The van der Waals surface area contributed by atoms with Crippen LogP contribution in [0.5, 0.6) is 5.75 Å². The van der Waals surface area contributed by atoms with Gasteiger partial charge in [0.1, 0.15) is 18.5 Å². The van der Waals surface area contributed by atoms with Crippen LogP contribution in [0, 0.1) is 11.8 Å². The number of hydrogen-bond donors (Lipinski definition) is 3. The average molecular weight is 568 g/mol. The van der Waals surface area contributed by atoms with E-state index in [0.717, 1.165) is 4.57 Å². The Morgan fingerprint density at radius 1 is 1.18 bits per heavy atom. The average Bonchev–Trinajstić information content (AvgIpc) is 3.19. The largest absolute Gasteiger partial charge is 0.495 e. The maximum absolute atomic E-state index is 14.6. The summed E-state index contributed by atoms with van der Waals surface area (Å²) in [4.78, 5) is 1.77. The lowest BCUT2D eigenvalue weighted by Gasteiger charge is -2.33. The van der Waals surface area contributed by atoms with E-state index in [1.54, 1.807) is 24.3 Å². The summed E-state index contributed by atoms with van der Waals surface area (Å²) in [7, 11) is -0.721. The molecule has 13 heteroatoms. The van der Waals surface area contributed by atoms with E-state index in [0.29, 0.717) is 35.2 Å². The second-order valence-corrected chi connectivity index (χ2v) is 10.9. The molecule has 4 rings (SSSR count). The molecule has 0 amide bonds. The summed E-state index contributed by atoms with van der Waals surface area (Å²) < 4.78 is 84.5. The Hall–Kier alpha value is -3.47. The lowest BCUT2D eigenvalue weighted by molar-refractivity contribution is -0.140. The summed E-state index contributed by atoms with van der Waals surface area (Å²) >= 11 is 0. The molecular weight excluding hydrogens is 538 g/mol. The van der Waals surface area contributed by atoms with Crippen molar-refractivity contribution in [3.8, 4) is 17.6 Å². The lowest BCUT2D eigenvalue weighted by Crippen LogP contribution is -2.46. The molecule has 0 bridgehead atoms. The first kappa shape index (κ1) is 28.5. The van der Waals surface area contributed by atoms with Crippen molar-refractivity contribution in [1.29, 1.82) is 0 Å². The molecule has 2 heterocycles. The standard InChI is InChI=1S/C26H29F4N5O3S/c1-34-12-10-22(20(27)15-34)33-21-6-3-7-24-19(21)13-17(35(24)16-26(28,29)30)5-4-11-32-23-9-8-18(39(31,36)37)14-25(23)38-2/h3,6-9,13-14,20,22,32-33H,10-12,15-16H2,1-2H3,(H2,31,36,37)/t20-,22-/m1/s1. The molecule has 2 aromatic carbocycles. The zero-order chi connectivity index (χ0) is 28.4. The predicted octanol–water partition coefficient (Wildman–Crippen LogP) is 3.78. The van der Waals surface area contributed by atoms with Gasteiger partial charge in [0.15, 0.2) is 0 Å². The number of primary sulfonamides is 1. The van der Waals surface area contributed by atoms with Crippen LogP contribution in [-0.2, 0) is 16.6 Å². The molecule has 1 aromatic heterocycles. The summed E-state index contributed by atoms with van der Waals surface area (Å²) in [6.45, 7) is -0.215. The molecular formula is C26H29F4N5O3S. The first-order valence-electron chi connectivity index (χ1n) is 12.1. The summed E-state index contributed by atoms with van der Waals surface area (Å²) in [5.41, 5.74) is 1.46. The van der Waals surface area contributed by atoms with Crippen molar-refractivity contribution in [2.45, 2.75) is 36.3 Å². The van der Waals surface area contributed by atoms with E-state index < -0.39 is 35.0 Å². The maximum atomic E-state index is 14.6. The van der Waals surface area contributed by atoms with Crippen LogP contribution >= 0.6 is 0 Å². The lowest BCUT2D eigenvalue weighted by atomic mass is 10.0. The molecule has 1 saturated heterocycles. The van der Waals surface area contributed by atoms with Gasteiger partial charge in [-0.1, -0.05) is 12.0 Å². The van der Waals surface area contributed by atoms with Gasteiger partial charge in [0.2, 0.25) is 10.0 Å². The van der Waals surface area contributed by atoms with Crippen molar-refractivity contribution < 1.29 is 30.7 Å². The van der Waals surface area contributed by atoms with E-state index in [-0.39, 0.29) is 29.4 Å². The minimum atomic E-state index is -4.49. The monoisotopic (exact) mass is 567 g/mol. The molecule has 0 unspecified atom stereocenters. The minimum Gasteiger partial charge on any atom is -0.495 e. The zero-order valence-electron chi connectivity index (χ0n) is 21.3. The number of nitrogens with two attached hydrogens (primary N) is 1. The first-order chi connectivity index (χ1) is 18.4. The van der Waals surface area contributed by atoms with E-state index in [9.17, 15) is 26.0 Å². The Labute approximate surface area is 224 Å². The maximum Gasteiger partial charge on any atom is 0.406 e. The van der Waals surface area contributed by atoms with Gasteiger partial charge in [-0.25, -0.2) is 17.9 Å². The number of methoxy groups -OCH3 is 1. The van der Waals surface area contributed by atoms with Crippen LogP contribution in [0.25, 0.3) is 10.9 Å². The highest BCUT2D eigenvalue weighted by atomic mass is 32.2. The Morgan fingerprint density at radius 3 is 2.62 bits per heavy atom. The van der Waals surface area contributed by atoms with Crippen LogP contribution in [0.3, 0.4) is 0 Å². The molecule has 0 spiro atoms. The number of sulfonamides is 1. The third-order valence-corrected chi connectivity index (χ3v) is 7.36. The van der Waals surface area contributed by atoms with Crippen LogP contribution in [0.15, 0.2) is 47.4 Å². The molecule has 1 aliphatic rings. The van der Waals surface area contributed by atoms with E-state index in [1.165, 1.54) is 25.3 Å². The SMILES string of the molecule is COc1cc(S(N)(=O)=O)ccc1NCC#Cc1cc2c(N[C@@H]3CCN(C)C[C@H]3F)cccc2n1CC(F)(F)F. The van der Waals surface area contributed by atoms with Gasteiger partial charge in [0, 0.05) is 30.2 Å². The number of nitrogens with one attached hydrogen (secondary N) is 2. The highest BCUT2D eigenvalue weighted by molar-refractivity contribution is 7.89. The fourth-order valence-electron chi connectivity index (χ4n) is 4.55. The number of nitrogens with zero attached hydrogens (tertiary/aromatic N) is 2. The number of rotatable bonds is 7. The normalized spacial score (nSPS) is 18.4. The van der Waals surface area contributed by atoms with Gasteiger partial charge in [-0.15, -0.1) is 0 Å². The number of hydrogen-bond acceptors (Lipinski definition) is 6. The molecule has 1 fully saturated rings. The topological polar surface area (TPSA) is 102 Å². The highest BCUT2D eigenvalue weighted by Gasteiger charge is 2.31. The van der Waals surface area contributed by atoms with Crippen molar-refractivity contribution in [1.82, 2.24) is 9.47 Å². The number of anilines is 2. The van der Waals surface area contributed by atoms with Crippen molar-refractivity contribution in [2.24, 2.45) is 5.14 Å². The molecule has 0 aliphatic carbocycles. The Kier molecular flexibility index (Phi) is 8.29. The predicted molar refractivity (Wildman–Crippen MR) is 142 cm³/mol. The van der Waals surface area contributed by atoms with Gasteiger partial charge in [0.25, 0.3) is 0 Å². The quantitative estimate of drug-likeness (QED) is 0.297. The molecule has 3 aromatic rings. The van der Waals surface area contributed by atoms with Gasteiger partial charge in [-0.3, -0.25) is 0 Å². The second-order valence-electron chi connectivity index (χ2n) is 9.35. The number of fused-ring (bicyclic) bond motifs is 1. The van der Waals surface area contributed by atoms with Crippen molar-refractivity contribution in [3.63, 3.8) is 0 Å². The van der Waals surface area contributed by atoms with Gasteiger partial charge in [-0.2, -0.15) is 13.2 Å². The van der Waals surface area contributed by atoms with Crippen LogP contribution in [-0.4, -0.2) is 70.1 Å². The molecule has 8 nitrogen and oxygen atoms in total. The number of likely N-dealkylation sites (tertiary alicyclic amines) is 1. The van der Waals surface area contributed by atoms with Gasteiger partial charge >= 0.3 is 6.18 Å². The molecule has 4 N–H and O–H groups in total. The number of alkyl halides is 4. The molecule has 1 aliphatic heterocycles. The minimum absolute atomic E-state index is 0.0306. The third-order valence-electron chi connectivity index (χ3n) is 6.45. The number of halogens is 4. The summed E-state index contributed by atoms with van der Waals surface area (Å²) in [5, 5.41) is 11.8. The van der Waals surface area contributed by atoms with Crippen molar-refractivity contribution in [2.75, 3.05) is 44.4 Å². The van der Waals surface area contributed by atoms with Crippen LogP contribution in [0.4, 0.5) is 28.9 Å². The molecule has 210 valence electrons. The van der Waals surface area contributed by atoms with Crippen LogP contribution < -0.4 is 20.5 Å². The molecule has 0 saturated carbocycles. The molecule has 2 atom stereocenters.